The Kier molecular flexibility index (Phi) is 6.48. The standard InChI is InChI=1S/C23H26N2O3/c1-3-9-19-10-4-7-13-22(19)28-15-8-14-25-21-12-6-5-11-20(21)24(17-26)16-18(2)23(25)27/h3-7,10-13,17-18H,1,8-9,14-16H2,2H3. The van der Waals surface area contributed by atoms with Crippen LogP contribution in [-0.4, -0.2) is 32.0 Å². The van der Waals surface area contributed by atoms with Crippen LogP contribution in [0.2, 0.25) is 0 Å². The molecule has 0 aromatic heterocycles. The summed E-state index contributed by atoms with van der Waals surface area (Å²) in [6.45, 7) is 7.08. The maximum absolute atomic E-state index is 12.9. The van der Waals surface area contributed by atoms with Crippen LogP contribution in [0.1, 0.15) is 18.9 Å². The van der Waals surface area contributed by atoms with E-state index in [0.29, 0.717) is 26.1 Å². The van der Waals surface area contributed by atoms with E-state index in [4.69, 9.17) is 4.74 Å². The van der Waals surface area contributed by atoms with E-state index in [1.54, 1.807) is 9.80 Å². The molecule has 3 rings (SSSR count). The summed E-state index contributed by atoms with van der Waals surface area (Å²) in [5, 5.41) is 0. The second-order valence-corrected chi connectivity index (χ2v) is 6.94. The Labute approximate surface area is 166 Å². The fourth-order valence-electron chi connectivity index (χ4n) is 3.50. The molecule has 0 radical (unpaired) electrons. The number of carbonyl (C=O) groups excluding carboxylic acids is 2. The highest BCUT2D eigenvalue weighted by Gasteiger charge is 2.30. The number of amides is 2. The Balaban J connectivity index is 1.70. The summed E-state index contributed by atoms with van der Waals surface area (Å²) in [5.41, 5.74) is 2.65. The fraction of sp³-hybridized carbons (Fsp3) is 0.304. The van der Waals surface area contributed by atoms with Gasteiger partial charge in [0.2, 0.25) is 12.3 Å². The van der Waals surface area contributed by atoms with Gasteiger partial charge in [-0.15, -0.1) is 6.58 Å². The first-order valence-corrected chi connectivity index (χ1v) is 9.59. The van der Waals surface area contributed by atoms with Gasteiger partial charge in [-0.3, -0.25) is 9.59 Å². The zero-order valence-electron chi connectivity index (χ0n) is 16.2. The molecule has 5 nitrogen and oxygen atoms in total. The molecule has 5 heteroatoms. The van der Waals surface area contributed by atoms with E-state index in [1.165, 1.54) is 0 Å². The number of ether oxygens (including phenoxy) is 1. The molecule has 1 heterocycles. The number of carbonyl (C=O) groups is 2. The number of rotatable bonds is 8. The van der Waals surface area contributed by atoms with Crippen LogP contribution in [0.3, 0.4) is 0 Å². The van der Waals surface area contributed by atoms with Gasteiger partial charge in [0.1, 0.15) is 5.75 Å². The first-order chi connectivity index (χ1) is 13.7. The van der Waals surface area contributed by atoms with E-state index in [0.717, 1.165) is 35.5 Å². The predicted molar refractivity (Wildman–Crippen MR) is 112 cm³/mol. The number of benzene rings is 2. The van der Waals surface area contributed by atoms with Crippen molar-refractivity contribution in [2.45, 2.75) is 19.8 Å². The lowest BCUT2D eigenvalue weighted by Gasteiger charge is -2.24. The zero-order valence-corrected chi connectivity index (χ0v) is 16.2. The van der Waals surface area contributed by atoms with Crippen molar-refractivity contribution in [1.29, 1.82) is 0 Å². The average molecular weight is 378 g/mol. The van der Waals surface area contributed by atoms with Crippen LogP contribution < -0.4 is 14.5 Å². The van der Waals surface area contributed by atoms with Gasteiger partial charge in [-0.2, -0.15) is 0 Å². The molecule has 1 atom stereocenters. The first kappa shape index (κ1) is 19.7. The number of nitrogens with zero attached hydrogens (tertiary/aromatic N) is 2. The highest BCUT2D eigenvalue weighted by molar-refractivity contribution is 6.02. The molecular formula is C23H26N2O3. The molecule has 2 aromatic rings. The molecule has 0 bridgehead atoms. The Hall–Kier alpha value is -3.08. The number of allylic oxidation sites excluding steroid dienone is 1. The van der Waals surface area contributed by atoms with Gasteiger partial charge in [-0.05, 0) is 36.6 Å². The van der Waals surface area contributed by atoms with Crippen molar-refractivity contribution in [3.63, 3.8) is 0 Å². The van der Waals surface area contributed by atoms with Crippen LogP contribution in [0.25, 0.3) is 0 Å². The largest absolute Gasteiger partial charge is 0.493 e. The third kappa shape index (κ3) is 4.25. The maximum atomic E-state index is 12.9. The highest BCUT2D eigenvalue weighted by atomic mass is 16.5. The van der Waals surface area contributed by atoms with Crippen molar-refractivity contribution in [2.75, 3.05) is 29.5 Å². The molecule has 0 aliphatic carbocycles. The summed E-state index contributed by atoms with van der Waals surface area (Å²) in [4.78, 5) is 27.8. The second-order valence-electron chi connectivity index (χ2n) is 6.94. The van der Waals surface area contributed by atoms with Crippen molar-refractivity contribution in [3.8, 4) is 5.75 Å². The molecule has 0 saturated heterocycles. The van der Waals surface area contributed by atoms with Gasteiger partial charge in [-0.25, -0.2) is 0 Å². The zero-order chi connectivity index (χ0) is 19.9. The minimum absolute atomic E-state index is 0.0313. The van der Waals surface area contributed by atoms with Gasteiger partial charge in [0.15, 0.2) is 0 Å². The summed E-state index contributed by atoms with van der Waals surface area (Å²) in [6.07, 6.45) is 4.10. The van der Waals surface area contributed by atoms with Crippen molar-refractivity contribution in [2.24, 2.45) is 5.92 Å². The molecule has 2 amide bonds. The molecule has 28 heavy (non-hydrogen) atoms. The number of para-hydroxylation sites is 3. The SMILES string of the molecule is C=CCc1ccccc1OCCCN1C(=O)C(C)CN(C=O)c2ccccc21. The molecule has 1 aliphatic rings. The second kappa shape index (κ2) is 9.22. The van der Waals surface area contributed by atoms with Crippen LogP contribution in [0, 0.1) is 5.92 Å². The smallest absolute Gasteiger partial charge is 0.231 e. The summed E-state index contributed by atoms with van der Waals surface area (Å²) < 4.78 is 5.95. The minimum Gasteiger partial charge on any atom is -0.493 e. The lowest BCUT2D eigenvalue weighted by atomic mass is 10.1. The molecule has 0 fully saturated rings. The van der Waals surface area contributed by atoms with E-state index >= 15 is 0 Å². The molecule has 1 aliphatic heterocycles. The predicted octanol–water partition coefficient (Wildman–Crippen LogP) is 3.83. The number of hydrogen-bond acceptors (Lipinski definition) is 3. The van der Waals surface area contributed by atoms with Crippen molar-refractivity contribution in [1.82, 2.24) is 0 Å². The van der Waals surface area contributed by atoms with Gasteiger partial charge in [0.05, 0.1) is 23.9 Å². The number of hydrogen-bond donors (Lipinski definition) is 0. The van der Waals surface area contributed by atoms with Gasteiger partial charge in [0.25, 0.3) is 0 Å². The number of fused-ring (bicyclic) bond motifs is 1. The summed E-state index contributed by atoms with van der Waals surface area (Å²) in [7, 11) is 0. The monoisotopic (exact) mass is 378 g/mol. The molecule has 1 unspecified atom stereocenters. The Morgan fingerprint density at radius 1 is 1.14 bits per heavy atom. The average Bonchev–Trinajstić information content (AvgIpc) is 2.82. The molecule has 0 spiro atoms. The molecule has 2 aromatic carbocycles. The van der Waals surface area contributed by atoms with Crippen molar-refractivity contribution in [3.05, 3.63) is 66.7 Å². The summed E-state index contributed by atoms with van der Waals surface area (Å²) in [5.74, 6) is 0.626. The summed E-state index contributed by atoms with van der Waals surface area (Å²) >= 11 is 0. The molecule has 146 valence electrons. The van der Waals surface area contributed by atoms with Gasteiger partial charge in [-0.1, -0.05) is 43.3 Å². The number of anilines is 2. The first-order valence-electron chi connectivity index (χ1n) is 9.59. The lowest BCUT2D eigenvalue weighted by Crippen LogP contribution is -2.37. The van der Waals surface area contributed by atoms with Crippen LogP contribution in [0.4, 0.5) is 11.4 Å². The minimum atomic E-state index is -0.258. The van der Waals surface area contributed by atoms with Gasteiger partial charge >= 0.3 is 0 Å². The van der Waals surface area contributed by atoms with Crippen LogP contribution >= 0.6 is 0 Å². The van der Waals surface area contributed by atoms with E-state index in [9.17, 15) is 9.59 Å². The molecule has 0 N–H and O–H groups in total. The van der Waals surface area contributed by atoms with Crippen molar-refractivity contribution < 1.29 is 14.3 Å². The van der Waals surface area contributed by atoms with Crippen molar-refractivity contribution >= 4 is 23.7 Å². The third-order valence-electron chi connectivity index (χ3n) is 4.89. The molecule has 0 saturated carbocycles. The third-order valence-corrected chi connectivity index (χ3v) is 4.89. The van der Waals surface area contributed by atoms with E-state index in [2.05, 4.69) is 6.58 Å². The van der Waals surface area contributed by atoms with Crippen LogP contribution in [0.15, 0.2) is 61.2 Å². The quantitative estimate of drug-likeness (QED) is 0.398. The van der Waals surface area contributed by atoms with E-state index < -0.39 is 0 Å². The van der Waals surface area contributed by atoms with E-state index in [1.807, 2.05) is 61.5 Å². The van der Waals surface area contributed by atoms with E-state index in [-0.39, 0.29) is 11.8 Å². The van der Waals surface area contributed by atoms with Gasteiger partial charge < -0.3 is 14.5 Å². The lowest BCUT2D eigenvalue weighted by molar-refractivity contribution is -0.121. The fourth-order valence-corrected chi connectivity index (χ4v) is 3.50. The Morgan fingerprint density at radius 2 is 1.86 bits per heavy atom. The van der Waals surface area contributed by atoms with Crippen LogP contribution in [-0.2, 0) is 16.0 Å². The molecular weight excluding hydrogens is 352 g/mol. The topological polar surface area (TPSA) is 49.9 Å². The summed E-state index contributed by atoms with van der Waals surface area (Å²) in [6, 6.07) is 15.5. The maximum Gasteiger partial charge on any atom is 0.231 e. The highest BCUT2D eigenvalue weighted by Crippen LogP contribution is 2.33. The van der Waals surface area contributed by atoms with Gasteiger partial charge in [0, 0.05) is 13.1 Å². The Bertz CT molecular complexity index is 849. The normalized spacial score (nSPS) is 16.3. The Morgan fingerprint density at radius 3 is 2.61 bits per heavy atom. The van der Waals surface area contributed by atoms with Crippen LogP contribution in [0.5, 0.6) is 5.75 Å².